The number of carbonyl (C=O) groups is 1. The average Bonchev–Trinajstić information content (AvgIpc) is 2.65. The Bertz CT molecular complexity index is 740. The second-order valence-corrected chi connectivity index (χ2v) is 6.22. The highest BCUT2D eigenvalue weighted by atomic mass is 16.7. The summed E-state index contributed by atoms with van der Waals surface area (Å²) in [5, 5.41) is 0. The zero-order valence-electron chi connectivity index (χ0n) is 14.3. The predicted molar refractivity (Wildman–Crippen MR) is 93.9 cm³/mol. The Morgan fingerprint density at radius 1 is 1.04 bits per heavy atom. The second-order valence-electron chi connectivity index (χ2n) is 6.22. The summed E-state index contributed by atoms with van der Waals surface area (Å²) in [6, 6.07) is 19.0. The number of esters is 1. The molecule has 2 fully saturated rings. The van der Waals surface area contributed by atoms with E-state index >= 15 is 0 Å². The van der Waals surface area contributed by atoms with Crippen LogP contribution in [0.2, 0.25) is 0 Å². The summed E-state index contributed by atoms with van der Waals surface area (Å²) >= 11 is 0. The third-order valence-corrected chi connectivity index (χ3v) is 4.33. The van der Waals surface area contributed by atoms with E-state index in [1.165, 1.54) is 6.92 Å². The van der Waals surface area contributed by atoms with E-state index in [0.29, 0.717) is 5.75 Å². The molecule has 2 bridgehead atoms. The quantitative estimate of drug-likeness (QED) is 0.613. The molecule has 2 aromatic rings. The van der Waals surface area contributed by atoms with Gasteiger partial charge in [0.25, 0.3) is 0 Å². The molecule has 0 N–H and O–H groups in total. The van der Waals surface area contributed by atoms with E-state index in [1.807, 2.05) is 60.7 Å². The zero-order valence-corrected chi connectivity index (χ0v) is 14.3. The highest BCUT2D eigenvalue weighted by molar-refractivity contribution is 6.61. The number of ether oxygens (including phenoxy) is 3. The third-order valence-electron chi connectivity index (χ3n) is 4.33. The van der Waals surface area contributed by atoms with Gasteiger partial charge >= 0.3 is 13.1 Å². The molecule has 6 nitrogen and oxygen atoms in total. The fourth-order valence-corrected chi connectivity index (χ4v) is 3.17. The minimum absolute atomic E-state index is 0.249. The van der Waals surface area contributed by atoms with Crippen LogP contribution in [-0.2, 0) is 23.6 Å². The van der Waals surface area contributed by atoms with Crippen LogP contribution in [-0.4, -0.2) is 44.3 Å². The highest BCUT2D eigenvalue weighted by Crippen LogP contribution is 2.30. The molecule has 0 aliphatic carbocycles. The molecular weight excluding hydrogens is 335 g/mol. The van der Waals surface area contributed by atoms with Gasteiger partial charge in [0.2, 0.25) is 6.29 Å². The van der Waals surface area contributed by atoms with Gasteiger partial charge in [0, 0.05) is 6.92 Å². The summed E-state index contributed by atoms with van der Waals surface area (Å²) < 4.78 is 29.3. The summed E-state index contributed by atoms with van der Waals surface area (Å²) in [6.07, 6.45) is -2.31. The molecule has 0 saturated carbocycles. The summed E-state index contributed by atoms with van der Waals surface area (Å²) in [6.45, 7) is 1.62. The van der Waals surface area contributed by atoms with Gasteiger partial charge in [-0.15, -0.1) is 0 Å². The Hall–Kier alpha value is -2.35. The monoisotopic (exact) mass is 354 g/mol. The van der Waals surface area contributed by atoms with Crippen molar-refractivity contribution in [1.82, 2.24) is 0 Å². The van der Waals surface area contributed by atoms with Crippen LogP contribution in [0.1, 0.15) is 6.92 Å². The van der Waals surface area contributed by atoms with Gasteiger partial charge in [-0.2, -0.15) is 0 Å². The summed E-state index contributed by atoms with van der Waals surface area (Å²) in [7, 11) is -0.566. The van der Waals surface area contributed by atoms with Crippen molar-refractivity contribution in [3.05, 3.63) is 60.7 Å². The number of hydrogen-bond acceptors (Lipinski definition) is 6. The first-order valence-corrected chi connectivity index (χ1v) is 8.57. The smallest absolute Gasteiger partial charge is 0.462 e. The largest absolute Gasteiger partial charge is 0.494 e. The molecule has 2 aromatic carbocycles. The van der Waals surface area contributed by atoms with Gasteiger partial charge in [-0.05, 0) is 17.6 Å². The number of fused-ring (bicyclic) bond motifs is 2. The van der Waals surface area contributed by atoms with Gasteiger partial charge in [-0.25, -0.2) is 0 Å². The lowest BCUT2D eigenvalue weighted by Gasteiger charge is -2.46. The maximum Gasteiger partial charge on any atom is 0.494 e. The van der Waals surface area contributed by atoms with Crippen molar-refractivity contribution in [1.29, 1.82) is 0 Å². The molecule has 4 rings (SSSR count). The lowest BCUT2D eigenvalue weighted by molar-refractivity contribution is -0.261. The maximum atomic E-state index is 11.5. The van der Waals surface area contributed by atoms with Crippen LogP contribution in [0.3, 0.4) is 0 Å². The molecule has 4 atom stereocenters. The SMILES string of the molecule is CC(=O)O[C@H]1[C@H]2OB(c3ccccc3)O[C@@H]1CO[C@@H]2Oc1ccccc1. The Labute approximate surface area is 152 Å². The number of carbonyl (C=O) groups excluding carboxylic acids is 1. The van der Waals surface area contributed by atoms with Crippen LogP contribution < -0.4 is 10.2 Å². The Morgan fingerprint density at radius 2 is 1.73 bits per heavy atom. The first-order chi connectivity index (χ1) is 12.7. The van der Waals surface area contributed by atoms with E-state index in [0.717, 1.165) is 5.46 Å². The van der Waals surface area contributed by atoms with Crippen LogP contribution >= 0.6 is 0 Å². The molecule has 26 heavy (non-hydrogen) atoms. The van der Waals surface area contributed by atoms with Gasteiger partial charge in [0.15, 0.2) is 6.10 Å². The fraction of sp³-hybridized carbons (Fsp3) is 0.316. The van der Waals surface area contributed by atoms with Crippen molar-refractivity contribution in [2.24, 2.45) is 0 Å². The Kier molecular flexibility index (Phi) is 4.92. The minimum atomic E-state index is -0.701. The van der Waals surface area contributed by atoms with Crippen molar-refractivity contribution in [2.75, 3.05) is 6.61 Å². The molecule has 0 radical (unpaired) electrons. The predicted octanol–water partition coefficient (Wildman–Crippen LogP) is 1.53. The van der Waals surface area contributed by atoms with E-state index < -0.39 is 37.7 Å². The van der Waals surface area contributed by atoms with Crippen molar-refractivity contribution in [2.45, 2.75) is 31.5 Å². The van der Waals surface area contributed by atoms with Gasteiger partial charge < -0.3 is 23.5 Å². The van der Waals surface area contributed by atoms with Crippen molar-refractivity contribution >= 4 is 18.6 Å². The van der Waals surface area contributed by atoms with Crippen LogP contribution in [0.25, 0.3) is 0 Å². The molecule has 134 valence electrons. The number of para-hydroxylation sites is 1. The van der Waals surface area contributed by atoms with E-state index in [9.17, 15) is 4.79 Å². The van der Waals surface area contributed by atoms with E-state index in [-0.39, 0.29) is 6.61 Å². The van der Waals surface area contributed by atoms with Crippen molar-refractivity contribution in [3.63, 3.8) is 0 Å². The average molecular weight is 354 g/mol. The van der Waals surface area contributed by atoms with Gasteiger partial charge in [0.1, 0.15) is 18.0 Å². The topological polar surface area (TPSA) is 63.2 Å². The third kappa shape index (κ3) is 3.60. The number of benzene rings is 2. The van der Waals surface area contributed by atoms with Gasteiger partial charge in [0.05, 0.1) is 6.61 Å². The van der Waals surface area contributed by atoms with Crippen molar-refractivity contribution in [3.8, 4) is 5.75 Å². The second kappa shape index (κ2) is 7.49. The number of rotatable bonds is 4. The molecular formula is C19H19BO6. The van der Waals surface area contributed by atoms with E-state index in [4.69, 9.17) is 23.5 Å². The molecule has 0 unspecified atom stereocenters. The zero-order chi connectivity index (χ0) is 17.9. The van der Waals surface area contributed by atoms with Crippen LogP contribution in [0.15, 0.2) is 60.7 Å². The lowest BCUT2D eigenvalue weighted by atomic mass is 9.76. The van der Waals surface area contributed by atoms with Crippen LogP contribution in [0, 0.1) is 0 Å². The summed E-state index contributed by atoms with van der Waals surface area (Å²) in [5.41, 5.74) is 0.893. The Balaban J connectivity index is 1.58. The minimum Gasteiger partial charge on any atom is -0.462 e. The van der Waals surface area contributed by atoms with E-state index in [2.05, 4.69) is 0 Å². The normalized spacial score (nSPS) is 27.7. The van der Waals surface area contributed by atoms with Crippen LogP contribution in [0.4, 0.5) is 0 Å². The van der Waals surface area contributed by atoms with Crippen LogP contribution in [0.5, 0.6) is 5.75 Å². The molecule has 2 aliphatic heterocycles. The molecule has 0 aromatic heterocycles. The van der Waals surface area contributed by atoms with Gasteiger partial charge in [-0.1, -0.05) is 48.5 Å². The van der Waals surface area contributed by atoms with Crippen molar-refractivity contribution < 1.29 is 28.3 Å². The lowest BCUT2D eigenvalue weighted by Crippen LogP contribution is -2.66. The molecule has 0 amide bonds. The molecule has 0 spiro atoms. The first kappa shape index (κ1) is 17.1. The molecule has 2 saturated heterocycles. The fourth-order valence-electron chi connectivity index (χ4n) is 3.17. The standard InChI is InChI=1S/C19H19BO6/c1-13(21)23-17-16-12-22-19(24-15-10-6-3-7-11-15)18(17)26-20(25-16)14-8-4-2-5-9-14/h2-11,16-19H,12H2,1H3/t16-,17-,18-,19-/m1/s1. The maximum absolute atomic E-state index is 11.5. The summed E-state index contributed by atoms with van der Waals surface area (Å²) in [4.78, 5) is 11.5. The van der Waals surface area contributed by atoms with Gasteiger partial charge in [-0.3, -0.25) is 4.79 Å². The van der Waals surface area contributed by atoms with E-state index in [1.54, 1.807) is 0 Å². The molecule has 7 heteroatoms. The molecule has 2 heterocycles. The number of hydrogen-bond donors (Lipinski definition) is 0. The Morgan fingerprint density at radius 3 is 2.42 bits per heavy atom. The summed E-state index contributed by atoms with van der Waals surface area (Å²) in [5.74, 6) is 0.264. The highest BCUT2D eigenvalue weighted by Gasteiger charge is 2.52. The molecule has 2 aliphatic rings. The first-order valence-electron chi connectivity index (χ1n) is 8.57.